The molecule has 1 atom stereocenters. The van der Waals surface area contributed by atoms with Gasteiger partial charge in [-0.25, -0.2) is 9.18 Å². The van der Waals surface area contributed by atoms with E-state index in [9.17, 15) is 22.4 Å². The van der Waals surface area contributed by atoms with Crippen molar-refractivity contribution in [2.24, 2.45) is 0 Å². The summed E-state index contributed by atoms with van der Waals surface area (Å²) >= 11 is 0. The second-order valence-electron chi connectivity index (χ2n) is 9.17. The molecule has 2 aliphatic rings. The van der Waals surface area contributed by atoms with Crippen LogP contribution in [0.5, 0.6) is 17.4 Å². The molecule has 192 valence electrons. The second-order valence-corrected chi connectivity index (χ2v) is 9.17. The van der Waals surface area contributed by atoms with Crippen LogP contribution in [0.1, 0.15) is 42.9 Å². The summed E-state index contributed by atoms with van der Waals surface area (Å²) in [5.74, 6) is -0.567. The number of anilines is 1. The highest BCUT2D eigenvalue weighted by molar-refractivity contribution is 5.51. The molecular weight excluding hydrogens is 492 g/mol. The van der Waals surface area contributed by atoms with Crippen molar-refractivity contribution in [1.29, 1.82) is 5.26 Å². The van der Waals surface area contributed by atoms with Gasteiger partial charge in [-0.05, 0) is 55.2 Å². The van der Waals surface area contributed by atoms with E-state index in [0.29, 0.717) is 24.2 Å². The first-order valence-electron chi connectivity index (χ1n) is 11.7. The number of rotatable bonds is 6. The predicted molar refractivity (Wildman–Crippen MR) is 125 cm³/mol. The van der Waals surface area contributed by atoms with Crippen LogP contribution in [0, 0.1) is 17.1 Å². The fourth-order valence-corrected chi connectivity index (χ4v) is 5.04. The molecule has 1 fully saturated rings. The van der Waals surface area contributed by atoms with Crippen molar-refractivity contribution < 1.29 is 27.0 Å². The van der Waals surface area contributed by atoms with Crippen molar-refractivity contribution in [3.63, 3.8) is 0 Å². The van der Waals surface area contributed by atoms with E-state index in [1.165, 1.54) is 12.1 Å². The standard InChI is InChI=1S/C26H22F4N4O3/c1-2-25-6-3-7-34(25)23-12-22(32-24(35)33(23)15-25)36-14-16-4-5-21(20(27)10-16)37-19-9-17(13-31)8-18(11-19)26(28,29)30/h4-5,8-12H,2-3,6-7,14-15H2,1H3. The molecule has 0 bridgehead atoms. The number of fused-ring (bicyclic) bond motifs is 3. The SMILES string of the molecule is CCC12CCCN1c1cc(OCc3ccc(Oc4cc(C#N)cc(C(F)(F)F)c4)c(F)c3)nc(=O)n1C2. The average Bonchev–Trinajstić information content (AvgIpc) is 3.41. The van der Waals surface area contributed by atoms with E-state index in [2.05, 4.69) is 16.8 Å². The van der Waals surface area contributed by atoms with Gasteiger partial charge in [-0.15, -0.1) is 0 Å². The van der Waals surface area contributed by atoms with Crippen LogP contribution in [0.4, 0.5) is 23.4 Å². The Bertz CT molecular complexity index is 1460. The smallest absolute Gasteiger partial charge is 0.416 e. The third kappa shape index (κ3) is 4.59. The van der Waals surface area contributed by atoms with Crippen LogP contribution in [0.15, 0.2) is 47.3 Å². The highest BCUT2D eigenvalue weighted by Gasteiger charge is 2.46. The third-order valence-electron chi connectivity index (χ3n) is 6.92. The molecule has 0 N–H and O–H groups in total. The summed E-state index contributed by atoms with van der Waals surface area (Å²) in [5, 5.41) is 9.01. The lowest BCUT2D eigenvalue weighted by molar-refractivity contribution is -0.137. The molecule has 2 aliphatic heterocycles. The number of aromatic nitrogens is 2. The fraction of sp³-hybridized carbons (Fsp3) is 0.346. The van der Waals surface area contributed by atoms with Crippen LogP contribution < -0.4 is 20.1 Å². The minimum atomic E-state index is -4.69. The molecule has 0 radical (unpaired) electrons. The van der Waals surface area contributed by atoms with Crippen LogP contribution in [-0.4, -0.2) is 21.6 Å². The zero-order valence-corrected chi connectivity index (χ0v) is 19.8. The number of hydrogen-bond donors (Lipinski definition) is 0. The minimum Gasteiger partial charge on any atom is -0.473 e. The molecular formula is C26H22F4N4O3. The van der Waals surface area contributed by atoms with Crippen LogP contribution in [0.2, 0.25) is 0 Å². The van der Waals surface area contributed by atoms with Gasteiger partial charge in [0.15, 0.2) is 11.6 Å². The molecule has 0 amide bonds. The van der Waals surface area contributed by atoms with Gasteiger partial charge in [0.05, 0.1) is 29.3 Å². The summed E-state index contributed by atoms with van der Waals surface area (Å²) in [6.07, 6.45) is -1.72. The second kappa shape index (κ2) is 9.10. The van der Waals surface area contributed by atoms with E-state index in [-0.39, 0.29) is 35.1 Å². The van der Waals surface area contributed by atoms with Crippen LogP contribution >= 0.6 is 0 Å². The van der Waals surface area contributed by atoms with Gasteiger partial charge in [0, 0.05) is 12.6 Å². The van der Waals surface area contributed by atoms with E-state index in [0.717, 1.165) is 43.8 Å². The van der Waals surface area contributed by atoms with Gasteiger partial charge < -0.3 is 14.4 Å². The molecule has 3 heterocycles. The number of benzene rings is 2. The molecule has 1 saturated heterocycles. The van der Waals surface area contributed by atoms with E-state index in [4.69, 9.17) is 14.7 Å². The van der Waals surface area contributed by atoms with Crippen molar-refractivity contribution in [2.75, 3.05) is 11.4 Å². The van der Waals surface area contributed by atoms with Crippen molar-refractivity contribution in [1.82, 2.24) is 9.55 Å². The number of ether oxygens (including phenoxy) is 2. The van der Waals surface area contributed by atoms with E-state index in [1.54, 1.807) is 16.7 Å². The Morgan fingerprint density at radius 1 is 1.19 bits per heavy atom. The minimum absolute atomic E-state index is 0.0704. The fourth-order valence-electron chi connectivity index (χ4n) is 5.04. The quantitative estimate of drug-likeness (QED) is 0.410. The van der Waals surface area contributed by atoms with Gasteiger partial charge in [-0.1, -0.05) is 13.0 Å². The van der Waals surface area contributed by atoms with Crippen molar-refractivity contribution >= 4 is 5.82 Å². The van der Waals surface area contributed by atoms with E-state index < -0.39 is 23.2 Å². The lowest BCUT2D eigenvalue weighted by atomic mass is 9.94. The van der Waals surface area contributed by atoms with Gasteiger partial charge in [-0.3, -0.25) is 4.57 Å². The molecule has 5 rings (SSSR count). The highest BCUT2D eigenvalue weighted by Crippen LogP contribution is 2.43. The van der Waals surface area contributed by atoms with Crippen LogP contribution in [-0.2, 0) is 19.3 Å². The Kier molecular flexibility index (Phi) is 6.06. The monoisotopic (exact) mass is 514 g/mol. The molecule has 0 aliphatic carbocycles. The Hall–Kier alpha value is -4.07. The van der Waals surface area contributed by atoms with Gasteiger partial charge in [0.1, 0.15) is 18.2 Å². The van der Waals surface area contributed by atoms with Gasteiger partial charge in [0.2, 0.25) is 5.88 Å². The van der Waals surface area contributed by atoms with Crippen LogP contribution in [0.3, 0.4) is 0 Å². The molecule has 1 unspecified atom stereocenters. The third-order valence-corrected chi connectivity index (χ3v) is 6.92. The summed E-state index contributed by atoms with van der Waals surface area (Å²) in [5.41, 5.74) is -1.41. The maximum absolute atomic E-state index is 14.7. The Labute approximate surface area is 209 Å². The van der Waals surface area contributed by atoms with Crippen LogP contribution in [0.25, 0.3) is 0 Å². The van der Waals surface area contributed by atoms with Crippen molar-refractivity contribution in [3.8, 4) is 23.4 Å². The Morgan fingerprint density at radius 2 is 2.00 bits per heavy atom. The lowest BCUT2D eigenvalue weighted by Crippen LogP contribution is -2.41. The molecule has 2 aromatic carbocycles. The maximum atomic E-state index is 14.7. The zero-order valence-electron chi connectivity index (χ0n) is 19.8. The largest absolute Gasteiger partial charge is 0.473 e. The van der Waals surface area contributed by atoms with Gasteiger partial charge in [0.25, 0.3) is 0 Å². The summed E-state index contributed by atoms with van der Waals surface area (Å²) in [6.45, 7) is 3.47. The number of alkyl halides is 3. The van der Waals surface area contributed by atoms with E-state index in [1.807, 2.05) is 0 Å². The first-order valence-corrected chi connectivity index (χ1v) is 11.7. The molecule has 0 spiro atoms. The number of hydrogen-bond acceptors (Lipinski definition) is 6. The summed E-state index contributed by atoms with van der Waals surface area (Å²) < 4.78 is 66.7. The Morgan fingerprint density at radius 3 is 2.70 bits per heavy atom. The number of halogens is 4. The number of nitriles is 1. The Balaban J connectivity index is 1.31. The van der Waals surface area contributed by atoms with Crippen molar-refractivity contribution in [3.05, 3.63) is 75.5 Å². The molecule has 37 heavy (non-hydrogen) atoms. The van der Waals surface area contributed by atoms with E-state index >= 15 is 0 Å². The molecule has 0 saturated carbocycles. The topological polar surface area (TPSA) is 80.4 Å². The first-order chi connectivity index (χ1) is 17.6. The summed E-state index contributed by atoms with van der Waals surface area (Å²) in [6, 6.07) is 9.70. The molecule has 1 aromatic heterocycles. The molecule has 11 heteroatoms. The van der Waals surface area contributed by atoms with Gasteiger partial charge >= 0.3 is 11.9 Å². The maximum Gasteiger partial charge on any atom is 0.416 e. The average molecular weight is 514 g/mol. The van der Waals surface area contributed by atoms with Crippen molar-refractivity contribution in [2.45, 2.75) is 51.1 Å². The normalized spacial score (nSPS) is 18.3. The molecule has 3 aromatic rings. The molecule has 7 nitrogen and oxygen atoms in total. The first kappa shape index (κ1) is 24.6. The predicted octanol–water partition coefficient (Wildman–Crippen LogP) is 5.41. The lowest BCUT2D eigenvalue weighted by Gasteiger charge is -2.31. The zero-order chi connectivity index (χ0) is 26.4. The van der Waals surface area contributed by atoms with Gasteiger partial charge in [-0.2, -0.15) is 23.4 Å². The summed E-state index contributed by atoms with van der Waals surface area (Å²) in [7, 11) is 0. The summed E-state index contributed by atoms with van der Waals surface area (Å²) in [4.78, 5) is 18.9. The highest BCUT2D eigenvalue weighted by atomic mass is 19.4. The number of nitrogens with zero attached hydrogens (tertiary/aromatic N) is 4.